The topological polar surface area (TPSA) is 161 Å². The predicted octanol–water partition coefficient (Wildman–Crippen LogP) is -1.66. The summed E-state index contributed by atoms with van der Waals surface area (Å²) < 4.78 is 32.2. The second-order valence-electron chi connectivity index (χ2n) is 5.48. The van der Waals surface area contributed by atoms with Gasteiger partial charge in [0.15, 0.2) is 6.10 Å². The second-order valence-corrected chi connectivity index (χ2v) is 6.46. The molecular formula is C15H29NaO9S. The van der Waals surface area contributed by atoms with Crippen molar-refractivity contribution in [3.63, 3.8) is 0 Å². The zero-order valence-electron chi connectivity index (χ0n) is 15.6. The van der Waals surface area contributed by atoms with E-state index in [4.69, 9.17) is 15.3 Å². The van der Waals surface area contributed by atoms with Gasteiger partial charge in [-0.25, -0.2) is 13.2 Å². The molecule has 1 atom stereocenters. The van der Waals surface area contributed by atoms with Gasteiger partial charge in [-0.3, -0.25) is 4.79 Å². The van der Waals surface area contributed by atoms with Crippen molar-refractivity contribution in [3.05, 3.63) is 0 Å². The summed E-state index contributed by atoms with van der Waals surface area (Å²) in [6.07, 6.45) is 9.48. The Kier molecular flexibility index (Phi) is 22.9. The molecule has 0 amide bonds. The molecule has 0 aromatic heterocycles. The van der Waals surface area contributed by atoms with Gasteiger partial charge in [-0.15, -0.1) is 0 Å². The first-order valence-electron chi connectivity index (χ1n) is 8.33. The standard InChI is InChI=1S/C12H24O2.C3H6O7S.Na/c1-2-3-4-5-6-7-8-9-10-11-12(13)14;4-1-2(5)3(6)10-11(7,8)9;/h2-11H2,1H3,(H,13,14);2,4-5H,1H2,(H,7,8,9);/q;;+1/p-1. The molecule has 0 heterocycles. The smallest absolute Gasteiger partial charge is 0.716 e. The summed E-state index contributed by atoms with van der Waals surface area (Å²) in [6, 6.07) is 0. The summed E-state index contributed by atoms with van der Waals surface area (Å²) >= 11 is 0. The average Bonchev–Trinajstić information content (AvgIpc) is 2.51. The van der Waals surface area contributed by atoms with Crippen molar-refractivity contribution in [1.29, 1.82) is 0 Å². The molecule has 0 radical (unpaired) electrons. The Balaban J connectivity index is -0.000000402. The van der Waals surface area contributed by atoms with Gasteiger partial charge in [0, 0.05) is 6.42 Å². The number of carbonyl (C=O) groups is 2. The number of rotatable bonds is 13. The van der Waals surface area contributed by atoms with Gasteiger partial charge < -0.3 is 24.1 Å². The SMILES string of the molecule is CCCCCCCCCCCC(=O)O.O=C(OS(=O)(=O)[O-])C(O)CO.[Na+]. The molecule has 0 aromatic rings. The largest absolute Gasteiger partial charge is 1.00 e. The van der Waals surface area contributed by atoms with Crippen molar-refractivity contribution in [2.45, 2.75) is 77.2 Å². The van der Waals surface area contributed by atoms with Gasteiger partial charge in [-0.1, -0.05) is 58.3 Å². The van der Waals surface area contributed by atoms with E-state index in [9.17, 15) is 22.6 Å². The summed E-state index contributed by atoms with van der Waals surface area (Å²) in [4.78, 5) is 20.4. The summed E-state index contributed by atoms with van der Waals surface area (Å²) in [5.74, 6) is -2.35. The molecule has 26 heavy (non-hydrogen) atoms. The van der Waals surface area contributed by atoms with Crippen LogP contribution in [0, 0.1) is 0 Å². The van der Waals surface area contributed by atoms with Crippen LogP contribution in [0.2, 0.25) is 0 Å². The van der Waals surface area contributed by atoms with Crippen molar-refractivity contribution in [2.75, 3.05) is 6.61 Å². The molecule has 9 nitrogen and oxygen atoms in total. The minimum atomic E-state index is -5.15. The van der Waals surface area contributed by atoms with E-state index in [0.717, 1.165) is 12.8 Å². The van der Waals surface area contributed by atoms with E-state index >= 15 is 0 Å². The van der Waals surface area contributed by atoms with Crippen molar-refractivity contribution in [1.82, 2.24) is 0 Å². The maximum absolute atomic E-state index is 10.2. The first-order valence-corrected chi connectivity index (χ1v) is 9.67. The zero-order valence-corrected chi connectivity index (χ0v) is 18.4. The van der Waals surface area contributed by atoms with Crippen LogP contribution in [0.1, 0.15) is 71.1 Å². The van der Waals surface area contributed by atoms with Crippen LogP contribution >= 0.6 is 0 Å². The maximum atomic E-state index is 10.2. The monoisotopic (exact) mass is 408 g/mol. The van der Waals surface area contributed by atoms with Crippen LogP contribution in [0.3, 0.4) is 0 Å². The number of aliphatic carboxylic acids is 1. The molecule has 0 aromatic carbocycles. The molecule has 1 unspecified atom stereocenters. The number of carboxylic acid groups (broad SMARTS) is 1. The van der Waals surface area contributed by atoms with E-state index in [0.29, 0.717) is 6.42 Å². The second kappa shape index (κ2) is 19.5. The van der Waals surface area contributed by atoms with E-state index in [1.54, 1.807) is 0 Å². The van der Waals surface area contributed by atoms with Crippen LogP contribution < -0.4 is 29.6 Å². The minimum Gasteiger partial charge on any atom is -0.716 e. The number of unbranched alkanes of at least 4 members (excludes halogenated alkanes) is 8. The van der Waals surface area contributed by atoms with E-state index in [2.05, 4.69) is 11.1 Å². The Labute approximate surface area is 177 Å². The van der Waals surface area contributed by atoms with Crippen LogP contribution in [0.25, 0.3) is 0 Å². The fraction of sp³-hybridized carbons (Fsp3) is 0.867. The summed E-state index contributed by atoms with van der Waals surface area (Å²) in [6.45, 7) is 1.22. The number of carbonyl (C=O) groups excluding carboxylic acids is 1. The van der Waals surface area contributed by atoms with Crippen molar-refractivity contribution in [3.8, 4) is 0 Å². The molecule has 150 valence electrons. The number of aliphatic hydroxyl groups excluding tert-OH is 2. The van der Waals surface area contributed by atoms with Crippen molar-refractivity contribution in [2.24, 2.45) is 0 Å². The molecule has 0 rings (SSSR count). The van der Waals surface area contributed by atoms with Gasteiger partial charge >= 0.3 is 41.5 Å². The van der Waals surface area contributed by atoms with Crippen LogP contribution in [-0.4, -0.2) is 52.9 Å². The molecular weight excluding hydrogens is 379 g/mol. The summed E-state index contributed by atoms with van der Waals surface area (Å²) in [5, 5.41) is 24.8. The van der Waals surface area contributed by atoms with Gasteiger partial charge in [0.2, 0.25) is 0 Å². The van der Waals surface area contributed by atoms with Crippen LogP contribution in [-0.2, 0) is 24.2 Å². The number of aliphatic hydroxyl groups is 2. The molecule has 0 aliphatic rings. The molecule has 0 aliphatic carbocycles. The van der Waals surface area contributed by atoms with E-state index in [1.165, 1.54) is 44.9 Å². The third-order valence-electron chi connectivity index (χ3n) is 3.12. The Hall–Kier alpha value is -0.230. The molecule has 0 saturated carbocycles. The Bertz CT molecular complexity index is 454. The number of carboxylic acids is 1. The number of hydrogen-bond donors (Lipinski definition) is 3. The number of hydrogen-bond acceptors (Lipinski definition) is 8. The van der Waals surface area contributed by atoms with Crippen molar-refractivity contribution >= 4 is 22.3 Å². The fourth-order valence-corrected chi connectivity index (χ4v) is 2.13. The van der Waals surface area contributed by atoms with Crippen molar-refractivity contribution < 1.29 is 71.6 Å². The van der Waals surface area contributed by atoms with Gasteiger partial charge in [0.25, 0.3) is 10.4 Å². The van der Waals surface area contributed by atoms with Crippen LogP contribution in [0.4, 0.5) is 0 Å². The first kappa shape index (κ1) is 30.5. The molecule has 0 fully saturated rings. The quantitative estimate of drug-likeness (QED) is 0.140. The first-order chi connectivity index (χ1) is 11.6. The Morgan fingerprint density at radius 3 is 1.77 bits per heavy atom. The van der Waals surface area contributed by atoms with E-state index < -0.39 is 35.0 Å². The normalized spacial score (nSPS) is 11.5. The third-order valence-corrected chi connectivity index (χ3v) is 3.49. The third kappa shape index (κ3) is 26.0. The zero-order chi connectivity index (χ0) is 19.7. The average molecular weight is 408 g/mol. The molecule has 0 spiro atoms. The predicted molar refractivity (Wildman–Crippen MR) is 88.4 cm³/mol. The maximum Gasteiger partial charge on any atom is 1.00 e. The summed E-state index contributed by atoms with van der Waals surface area (Å²) in [7, 11) is -5.15. The van der Waals surface area contributed by atoms with Gasteiger partial charge in [0.05, 0.1) is 6.61 Å². The fourth-order valence-electron chi connectivity index (χ4n) is 1.82. The molecule has 0 bridgehead atoms. The van der Waals surface area contributed by atoms with Gasteiger partial charge in [-0.2, -0.15) is 0 Å². The van der Waals surface area contributed by atoms with Crippen LogP contribution in [0.5, 0.6) is 0 Å². The summed E-state index contributed by atoms with van der Waals surface area (Å²) in [5.41, 5.74) is 0. The van der Waals surface area contributed by atoms with Crippen LogP contribution in [0.15, 0.2) is 0 Å². The Morgan fingerprint density at radius 1 is 1.00 bits per heavy atom. The van der Waals surface area contributed by atoms with Gasteiger partial charge in [-0.05, 0) is 6.42 Å². The molecule has 11 heteroatoms. The van der Waals surface area contributed by atoms with Gasteiger partial charge in [0.1, 0.15) is 0 Å². The molecule has 0 aliphatic heterocycles. The van der Waals surface area contributed by atoms with E-state index in [-0.39, 0.29) is 29.6 Å². The van der Waals surface area contributed by atoms with E-state index in [1.807, 2.05) is 0 Å². The molecule has 3 N–H and O–H groups in total. The Morgan fingerprint density at radius 2 is 1.42 bits per heavy atom. The molecule has 0 saturated heterocycles. The minimum absolute atomic E-state index is 0.